The molecule has 2 aromatic rings. The van der Waals surface area contributed by atoms with Crippen molar-refractivity contribution in [2.45, 2.75) is 64.6 Å². The third kappa shape index (κ3) is 5.67. The zero-order valence-electron chi connectivity index (χ0n) is 16.1. The fourth-order valence-corrected chi connectivity index (χ4v) is 3.87. The van der Waals surface area contributed by atoms with Crippen LogP contribution in [0.5, 0.6) is 0 Å². The van der Waals surface area contributed by atoms with Crippen LogP contribution < -0.4 is 10.2 Å². The Hall–Kier alpha value is -2.14. The fourth-order valence-electron chi connectivity index (χ4n) is 3.87. The van der Waals surface area contributed by atoms with Gasteiger partial charge in [0.25, 0.3) is 5.91 Å². The highest BCUT2D eigenvalue weighted by Crippen LogP contribution is 2.17. The summed E-state index contributed by atoms with van der Waals surface area (Å²) in [4.78, 5) is 13.5. The molecule has 0 aliphatic heterocycles. The van der Waals surface area contributed by atoms with Crippen molar-refractivity contribution in [1.29, 1.82) is 0 Å². The largest absolute Gasteiger partial charge is 0.450 e. The van der Waals surface area contributed by atoms with Crippen LogP contribution in [-0.2, 0) is 13.1 Å². The summed E-state index contributed by atoms with van der Waals surface area (Å²) in [5.41, 5.74) is 1.13. The Morgan fingerprint density at radius 3 is 2.56 bits per heavy atom. The molecule has 1 aliphatic rings. The van der Waals surface area contributed by atoms with Gasteiger partial charge >= 0.3 is 0 Å². The lowest BCUT2D eigenvalue weighted by atomic mass is 9.93. The van der Waals surface area contributed by atoms with E-state index in [-0.39, 0.29) is 11.7 Å². The summed E-state index contributed by atoms with van der Waals surface area (Å²) in [5.74, 6) is 0.857. The predicted octanol–water partition coefficient (Wildman–Crippen LogP) is 3.48. The highest BCUT2D eigenvalue weighted by atomic mass is 19.1. The molecule has 1 unspecified atom stereocenters. The molecule has 1 aliphatic carbocycles. The summed E-state index contributed by atoms with van der Waals surface area (Å²) in [6.07, 6.45) is 7.16. The molecule has 1 aromatic heterocycles. The van der Waals surface area contributed by atoms with Gasteiger partial charge in [0.15, 0.2) is 11.5 Å². The average molecular weight is 373 g/mol. The molecule has 1 saturated carbocycles. The van der Waals surface area contributed by atoms with E-state index >= 15 is 0 Å². The quantitative estimate of drug-likeness (QED) is 0.744. The van der Waals surface area contributed by atoms with E-state index in [1.165, 1.54) is 49.1 Å². The second-order valence-corrected chi connectivity index (χ2v) is 7.50. The molecule has 146 valence electrons. The second kappa shape index (κ2) is 9.70. The minimum Gasteiger partial charge on any atom is -0.450 e. The van der Waals surface area contributed by atoms with Gasteiger partial charge in [0.05, 0.1) is 6.04 Å². The molecule has 0 radical (unpaired) electrons. The molecule has 1 heterocycles. The van der Waals surface area contributed by atoms with Gasteiger partial charge in [-0.15, -0.1) is 0 Å². The van der Waals surface area contributed by atoms with Gasteiger partial charge in [0, 0.05) is 12.1 Å². The van der Waals surface area contributed by atoms with Gasteiger partial charge in [0.1, 0.15) is 18.9 Å². The van der Waals surface area contributed by atoms with E-state index in [1.54, 1.807) is 6.07 Å². The maximum Gasteiger partial charge on any atom is 0.286 e. The number of halogens is 1. The number of hydrogen-bond acceptors (Lipinski definition) is 2. The first-order chi connectivity index (χ1) is 13.2. The Morgan fingerprint density at radius 2 is 1.85 bits per heavy atom. The highest BCUT2D eigenvalue weighted by molar-refractivity contribution is 5.91. The summed E-state index contributed by atoms with van der Waals surface area (Å²) in [5, 5.41) is 2.85. The van der Waals surface area contributed by atoms with Crippen molar-refractivity contribution in [3.05, 3.63) is 59.3 Å². The topological polar surface area (TPSA) is 46.7 Å². The molecule has 0 spiro atoms. The van der Waals surface area contributed by atoms with E-state index in [9.17, 15) is 9.18 Å². The van der Waals surface area contributed by atoms with Crippen molar-refractivity contribution in [2.24, 2.45) is 0 Å². The lowest BCUT2D eigenvalue weighted by molar-refractivity contribution is -0.954. The maximum atomic E-state index is 13.2. The van der Waals surface area contributed by atoms with E-state index in [1.807, 2.05) is 25.1 Å². The maximum absolute atomic E-state index is 13.2. The standard InChI is InChI=1S/C22H29FN2O2/c1-2-14-24-22(26)21-13-12-20(27-21)16-25(19-6-4-3-5-7-19)15-17-8-10-18(23)11-9-17/h8-13,19H,2-7,14-16H2,1H3,(H,24,26)/p+1. The minimum atomic E-state index is -0.202. The number of carbonyl (C=O) groups is 1. The monoisotopic (exact) mass is 373 g/mol. The first-order valence-electron chi connectivity index (χ1n) is 10.1. The Morgan fingerprint density at radius 1 is 1.11 bits per heavy atom. The highest BCUT2D eigenvalue weighted by Gasteiger charge is 2.26. The SMILES string of the molecule is CCCNC(=O)c1ccc(C[NH+](Cc2ccc(F)cc2)C2CCCCC2)o1. The van der Waals surface area contributed by atoms with Crippen LogP contribution in [0.25, 0.3) is 0 Å². The van der Waals surface area contributed by atoms with Crippen molar-refractivity contribution in [3.8, 4) is 0 Å². The first-order valence-corrected chi connectivity index (χ1v) is 10.1. The summed E-state index contributed by atoms with van der Waals surface area (Å²) in [7, 11) is 0. The van der Waals surface area contributed by atoms with E-state index in [0.717, 1.165) is 30.8 Å². The van der Waals surface area contributed by atoms with Crippen molar-refractivity contribution < 1.29 is 18.5 Å². The van der Waals surface area contributed by atoms with Gasteiger partial charge in [-0.3, -0.25) is 4.79 Å². The number of amides is 1. The summed E-state index contributed by atoms with van der Waals surface area (Å²) in [6, 6.07) is 11.0. The summed E-state index contributed by atoms with van der Waals surface area (Å²) in [6.45, 7) is 4.25. The van der Waals surface area contributed by atoms with Gasteiger partial charge in [-0.1, -0.05) is 25.5 Å². The number of rotatable bonds is 8. The molecule has 5 heteroatoms. The molecule has 1 amide bonds. The van der Waals surface area contributed by atoms with Crippen LogP contribution in [-0.4, -0.2) is 18.5 Å². The lowest BCUT2D eigenvalue weighted by Crippen LogP contribution is -3.13. The van der Waals surface area contributed by atoms with Gasteiger partial charge in [0.2, 0.25) is 0 Å². The van der Waals surface area contributed by atoms with Gasteiger partial charge in [-0.25, -0.2) is 4.39 Å². The lowest BCUT2D eigenvalue weighted by Gasteiger charge is -2.31. The van der Waals surface area contributed by atoms with E-state index in [0.29, 0.717) is 18.3 Å². The number of benzene rings is 1. The molecule has 1 atom stereocenters. The van der Waals surface area contributed by atoms with Gasteiger partial charge in [-0.2, -0.15) is 0 Å². The van der Waals surface area contributed by atoms with Crippen LogP contribution in [0.3, 0.4) is 0 Å². The molecule has 0 bridgehead atoms. The second-order valence-electron chi connectivity index (χ2n) is 7.50. The van der Waals surface area contributed by atoms with Crippen LogP contribution in [0.2, 0.25) is 0 Å². The van der Waals surface area contributed by atoms with Crippen molar-refractivity contribution in [1.82, 2.24) is 5.32 Å². The van der Waals surface area contributed by atoms with Crippen LogP contribution in [0.15, 0.2) is 40.8 Å². The smallest absolute Gasteiger partial charge is 0.286 e. The molecule has 4 nitrogen and oxygen atoms in total. The van der Waals surface area contributed by atoms with Gasteiger partial charge < -0.3 is 14.6 Å². The van der Waals surface area contributed by atoms with Gasteiger partial charge in [-0.05, 0) is 56.4 Å². The Kier molecular flexibility index (Phi) is 7.04. The predicted molar refractivity (Wildman–Crippen MR) is 103 cm³/mol. The molecule has 27 heavy (non-hydrogen) atoms. The number of quaternary nitrogens is 1. The normalized spacial score (nSPS) is 16.2. The van der Waals surface area contributed by atoms with Crippen LogP contribution >= 0.6 is 0 Å². The zero-order chi connectivity index (χ0) is 19.1. The number of hydrogen-bond donors (Lipinski definition) is 2. The van der Waals surface area contributed by atoms with Crippen molar-refractivity contribution in [3.63, 3.8) is 0 Å². The molecule has 3 rings (SSSR count). The first kappa shape index (κ1) is 19.6. The van der Waals surface area contributed by atoms with Crippen LogP contribution in [0.4, 0.5) is 4.39 Å². The van der Waals surface area contributed by atoms with Crippen LogP contribution in [0, 0.1) is 5.82 Å². The van der Waals surface area contributed by atoms with Crippen LogP contribution in [0.1, 0.15) is 67.3 Å². The molecule has 1 aromatic carbocycles. The fraction of sp³-hybridized carbons (Fsp3) is 0.500. The molecule has 0 saturated heterocycles. The zero-order valence-corrected chi connectivity index (χ0v) is 16.1. The minimum absolute atomic E-state index is 0.152. The third-order valence-corrected chi connectivity index (χ3v) is 5.35. The van der Waals surface area contributed by atoms with Crippen molar-refractivity contribution in [2.75, 3.05) is 6.54 Å². The molecular formula is C22H30FN2O2+. The average Bonchev–Trinajstić information content (AvgIpc) is 3.16. The number of nitrogens with one attached hydrogen (secondary N) is 2. The van der Waals surface area contributed by atoms with E-state index < -0.39 is 0 Å². The number of furan rings is 1. The molecule has 2 N–H and O–H groups in total. The Labute approximate surface area is 160 Å². The number of carbonyl (C=O) groups excluding carboxylic acids is 1. The van der Waals surface area contributed by atoms with Crippen molar-refractivity contribution >= 4 is 5.91 Å². The summed E-state index contributed by atoms with van der Waals surface area (Å²) < 4.78 is 19.1. The Balaban J connectivity index is 1.70. The summed E-state index contributed by atoms with van der Waals surface area (Å²) >= 11 is 0. The van der Waals surface area contributed by atoms with E-state index in [2.05, 4.69) is 5.32 Å². The Bertz CT molecular complexity index is 720. The molecule has 1 fully saturated rings. The third-order valence-electron chi connectivity index (χ3n) is 5.35. The molecular weight excluding hydrogens is 343 g/mol. The van der Waals surface area contributed by atoms with E-state index in [4.69, 9.17) is 4.42 Å².